The van der Waals surface area contributed by atoms with E-state index in [0.29, 0.717) is 16.8 Å². The predicted molar refractivity (Wildman–Crippen MR) is 85.7 cm³/mol. The second-order valence-electron chi connectivity index (χ2n) is 5.23. The molecule has 3 aromatic rings. The summed E-state index contributed by atoms with van der Waals surface area (Å²) < 4.78 is 1.45. The standard InChI is InChI=1S/C17H15N3O3/c1-11-16(13-3-2-8-18-10-13)19-20(17(11)23)14-6-4-12(5-7-14)9-15(21)22/h2-8,10,19H,9H2,1H3,(H,21,22). The van der Waals surface area contributed by atoms with E-state index in [2.05, 4.69) is 10.1 Å². The maximum Gasteiger partial charge on any atom is 0.307 e. The third-order valence-corrected chi connectivity index (χ3v) is 3.62. The summed E-state index contributed by atoms with van der Waals surface area (Å²) in [6.07, 6.45) is 3.33. The Kier molecular flexibility index (Phi) is 3.80. The Bertz CT molecular complexity index is 893. The second kappa shape index (κ2) is 5.92. The second-order valence-corrected chi connectivity index (χ2v) is 5.23. The minimum absolute atomic E-state index is 0.0418. The smallest absolute Gasteiger partial charge is 0.307 e. The number of benzene rings is 1. The fourth-order valence-corrected chi connectivity index (χ4v) is 2.43. The third-order valence-electron chi connectivity index (χ3n) is 3.62. The highest BCUT2D eigenvalue weighted by atomic mass is 16.4. The van der Waals surface area contributed by atoms with Crippen LogP contribution in [0.1, 0.15) is 11.1 Å². The summed E-state index contributed by atoms with van der Waals surface area (Å²) in [6, 6.07) is 10.5. The van der Waals surface area contributed by atoms with Crippen molar-refractivity contribution in [3.8, 4) is 16.9 Å². The largest absolute Gasteiger partial charge is 0.481 e. The molecule has 0 aliphatic heterocycles. The average molecular weight is 309 g/mol. The van der Waals surface area contributed by atoms with Crippen LogP contribution in [-0.4, -0.2) is 25.8 Å². The molecule has 0 atom stereocenters. The van der Waals surface area contributed by atoms with E-state index >= 15 is 0 Å². The zero-order chi connectivity index (χ0) is 16.4. The molecular weight excluding hydrogens is 294 g/mol. The summed E-state index contributed by atoms with van der Waals surface area (Å²) in [5.74, 6) is -0.885. The van der Waals surface area contributed by atoms with Gasteiger partial charge in [0.25, 0.3) is 5.56 Å². The summed E-state index contributed by atoms with van der Waals surface area (Å²) in [6.45, 7) is 1.76. The SMILES string of the molecule is Cc1c(-c2cccnc2)[nH]n(-c2ccc(CC(=O)O)cc2)c1=O. The maximum atomic E-state index is 12.4. The van der Waals surface area contributed by atoms with E-state index < -0.39 is 5.97 Å². The minimum atomic E-state index is -0.885. The van der Waals surface area contributed by atoms with Crippen molar-refractivity contribution >= 4 is 5.97 Å². The molecule has 0 aliphatic rings. The monoisotopic (exact) mass is 309 g/mol. The Balaban J connectivity index is 2.01. The quantitative estimate of drug-likeness (QED) is 0.773. The number of carboxylic acids is 1. The molecule has 6 nitrogen and oxygen atoms in total. The average Bonchev–Trinajstić information content (AvgIpc) is 2.85. The molecule has 0 saturated heterocycles. The van der Waals surface area contributed by atoms with Gasteiger partial charge in [-0.3, -0.25) is 19.7 Å². The number of rotatable bonds is 4. The van der Waals surface area contributed by atoms with Crippen LogP contribution in [-0.2, 0) is 11.2 Å². The summed E-state index contributed by atoms with van der Waals surface area (Å²) in [5.41, 5.74) is 3.36. The van der Waals surface area contributed by atoms with Crippen molar-refractivity contribution in [1.82, 2.24) is 14.8 Å². The molecule has 1 aromatic carbocycles. The van der Waals surface area contributed by atoms with Gasteiger partial charge in [-0.25, -0.2) is 4.68 Å². The van der Waals surface area contributed by atoms with Crippen LogP contribution in [0, 0.1) is 6.92 Å². The zero-order valence-electron chi connectivity index (χ0n) is 12.5. The van der Waals surface area contributed by atoms with Crippen LogP contribution in [0.3, 0.4) is 0 Å². The Morgan fingerprint density at radius 1 is 1.26 bits per heavy atom. The van der Waals surface area contributed by atoms with Crippen LogP contribution in [0.5, 0.6) is 0 Å². The molecule has 2 aromatic heterocycles. The molecule has 2 heterocycles. The Hall–Kier alpha value is -3.15. The number of hydrogen-bond donors (Lipinski definition) is 2. The lowest BCUT2D eigenvalue weighted by Crippen LogP contribution is -2.15. The molecule has 0 bridgehead atoms. The number of nitrogens with one attached hydrogen (secondary N) is 1. The van der Waals surface area contributed by atoms with E-state index in [1.54, 1.807) is 43.6 Å². The lowest BCUT2D eigenvalue weighted by molar-refractivity contribution is -0.136. The number of aromatic amines is 1. The van der Waals surface area contributed by atoms with Gasteiger partial charge in [0.05, 0.1) is 17.8 Å². The molecule has 0 amide bonds. The molecule has 6 heteroatoms. The van der Waals surface area contributed by atoms with Crippen LogP contribution >= 0.6 is 0 Å². The molecule has 0 saturated carbocycles. The molecule has 0 fully saturated rings. The highest BCUT2D eigenvalue weighted by molar-refractivity contribution is 5.70. The first-order valence-electron chi connectivity index (χ1n) is 7.09. The van der Waals surface area contributed by atoms with Crippen LogP contribution < -0.4 is 5.56 Å². The number of carboxylic acid groups (broad SMARTS) is 1. The van der Waals surface area contributed by atoms with Crippen molar-refractivity contribution in [2.45, 2.75) is 13.3 Å². The van der Waals surface area contributed by atoms with Gasteiger partial charge in [-0.1, -0.05) is 12.1 Å². The normalized spacial score (nSPS) is 10.7. The lowest BCUT2D eigenvalue weighted by atomic mass is 10.1. The molecule has 0 aliphatic carbocycles. The first-order valence-corrected chi connectivity index (χ1v) is 7.09. The highest BCUT2D eigenvalue weighted by Crippen LogP contribution is 2.19. The molecule has 2 N–H and O–H groups in total. The summed E-state index contributed by atoms with van der Waals surface area (Å²) in [5, 5.41) is 11.9. The van der Waals surface area contributed by atoms with E-state index in [9.17, 15) is 9.59 Å². The third kappa shape index (κ3) is 2.91. The number of aromatic nitrogens is 3. The molecule has 0 radical (unpaired) electrons. The lowest BCUT2D eigenvalue weighted by Gasteiger charge is -2.03. The highest BCUT2D eigenvalue weighted by Gasteiger charge is 2.13. The number of aliphatic carboxylic acids is 1. The van der Waals surface area contributed by atoms with E-state index in [1.807, 2.05) is 12.1 Å². The van der Waals surface area contributed by atoms with Gasteiger partial charge in [-0.2, -0.15) is 0 Å². The number of hydrogen-bond acceptors (Lipinski definition) is 3. The summed E-state index contributed by atoms with van der Waals surface area (Å²) in [7, 11) is 0. The van der Waals surface area contributed by atoms with Gasteiger partial charge in [0.2, 0.25) is 0 Å². The van der Waals surface area contributed by atoms with Crippen LogP contribution in [0.4, 0.5) is 0 Å². The Labute approximate surface area is 132 Å². The van der Waals surface area contributed by atoms with E-state index in [0.717, 1.165) is 11.3 Å². The van der Waals surface area contributed by atoms with Crippen molar-refractivity contribution < 1.29 is 9.90 Å². The molecular formula is C17H15N3O3. The van der Waals surface area contributed by atoms with Gasteiger partial charge in [0.15, 0.2) is 0 Å². The Morgan fingerprint density at radius 2 is 2.00 bits per heavy atom. The first-order chi connectivity index (χ1) is 11.1. The van der Waals surface area contributed by atoms with Crippen molar-refractivity contribution in [2.75, 3.05) is 0 Å². The van der Waals surface area contributed by atoms with Gasteiger partial charge in [-0.05, 0) is 36.8 Å². The minimum Gasteiger partial charge on any atom is -0.481 e. The van der Waals surface area contributed by atoms with Crippen molar-refractivity contribution in [2.24, 2.45) is 0 Å². The number of pyridine rings is 1. The number of nitrogens with zero attached hydrogens (tertiary/aromatic N) is 2. The molecule has 116 valence electrons. The Morgan fingerprint density at radius 3 is 2.61 bits per heavy atom. The van der Waals surface area contributed by atoms with Gasteiger partial charge in [0, 0.05) is 23.5 Å². The number of carbonyl (C=O) groups is 1. The van der Waals surface area contributed by atoms with Gasteiger partial charge in [0.1, 0.15) is 0 Å². The maximum absolute atomic E-state index is 12.4. The van der Waals surface area contributed by atoms with Crippen molar-refractivity contribution in [3.63, 3.8) is 0 Å². The van der Waals surface area contributed by atoms with E-state index in [4.69, 9.17) is 5.11 Å². The van der Waals surface area contributed by atoms with Crippen LogP contribution in [0.25, 0.3) is 16.9 Å². The zero-order valence-corrected chi connectivity index (χ0v) is 12.5. The molecule has 0 spiro atoms. The van der Waals surface area contributed by atoms with E-state index in [-0.39, 0.29) is 12.0 Å². The van der Waals surface area contributed by atoms with Gasteiger partial charge in [-0.15, -0.1) is 0 Å². The summed E-state index contributed by atoms with van der Waals surface area (Å²) in [4.78, 5) is 27.2. The fraction of sp³-hybridized carbons (Fsp3) is 0.118. The first kappa shape index (κ1) is 14.8. The van der Waals surface area contributed by atoms with Crippen LogP contribution in [0.2, 0.25) is 0 Å². The fourth-order valence-electron chi connectivity index (χ4n) is 2.43. The van der Waals surface area contributed by atoms with E-state index in [1.165, 1.54) is 4.68 Å². The van der Waals surface area contributed by atoms with Gasteiger partial charge >= 0.3 is 5.97 Å². The van der Waals surface area contributed by atoms with Crippen molar-refractivity contribution in [1.29, 1.82) is 0 Å². The topological polar surface area (TPSA) is 88.0 Å². The number of H-pyrrole nitrogens is 1. The molecule has 0 unspecified atom stereocenters. The molecule has 3 rings (SSSR count). The van der Waals surface area contributed by atoms with Gasteiger partial charge < -0.3 is 5.11 Å². The van der Waals surface area contributed by atoms with Crippen molar-refractivity contribution in [3.05, 3.63) is 70.3 Å². The van der Waals surface area contributed by atoms with Crippen LogP contribution in [0.15, 0.2) is 53.6 Å². The molecule has 23 heavy (non-hydrogen) atoms. The predicted octanol–water partition coefficient (Wildman–Crippen LogP) is 2.16. The summed E-state index contributed by atoms with van der Waals surface area (Å²) >= 11 is 0.